The summed E-state index contributed by atoms with van der Waals surface area (Å²) in [5, 5.41) is 1.12. The Morgan fingerprint density at radius 3 is 3.00 bits per heavy atom. The molecule has 1 aliphatic rings. The van der Waals surface area contributed by atoms with E-state index in [4.69, 9.17) is 4.74 Å². The summed E-state index contributed by atoms with van der Waals surface area (Å²) in [6, 6.07) is 12.1. The van der Waals surface area contributed by atoms with Crippen LogP contribution in [0.2, 0.25) is 0 Å². The predicted molar refractivity (Wildman–Crippen MR) is 98.9 cm³/mol. The maximum atomic E-state index is 6.00. The molecule has 3 aromatic rings. The molecule has 0 amide bonds. The number of hydrogen-bond acceptors (Lipinski definition) is 5. The van der Waals surface area contributed by atoms with Gasteiger partial charge in [0.1, 0.15) is 17.9 Å². The lowest BCUT2D eigenvalue weighted by atomic mass is 9.98. The van der Waals surface area contributed by atoms with Crippen molar-refractivity contribution in [2.24, 2.45) is 5.92 Å². The van der Waals surface area contributed by atoms with Crippen molar-refractivity contribution in [2.75, 3.05) is 24.6 Å². The number of ether oxygens (including phenoxy) is 1. The zero-order valence-corrected chi connectivity index (χ0v) is 14.4. The third-order valence-corrected chi connectivity index (χ3v) is 4.69. The number of hydrogen-bond donors (Lipinski definition) is 0. The second kappa shape index (κ2) is 7.05. The highest BCUT2D eigenvalue weighted by Crippen LogP contribution is 2.27. The van der Waals surface area contributed by atoms with E-state index in [0.717, 1.165) is 54.3 Å². The maximum Gasteiger partial charge on any atom is 0.139 e. The third kappa shape index (κ3) is 3.55. The first-order valence-electron chi connectivity index (χ1n) is 8.80. The summed E-state index contributed by atoms with van der Waals surface area (Å²) < 4.78 is 6.00. The van der Waals surface area contributed by atoms with Crippen LogP contribution in [0.4, 0.5) is 5.82 Å². The van der Waals surface area contributed by atoms with Gasteiger partial charge in [-0.2, -0.15) is 0 Å². The van der Waals surface area contributed by atoms with Crippen LogP contribution in [0, 0.1) is 12.8 Å². The Morgan fingerprint density at radius 1 is 1.16 bits per heavy atom. The van der Waals surface area contributed by atoms with E-state index >= 15 is 0 Å². The summed E-state index contributed by atoms with van der Waals surface area (Å²) in [5.74, 6) is 2.43. The fraction of sp³-hybridized carbons (Fsp3) is 0.350. The number of fused-ring (bicyclic) bond motifs is 1. The molecule has 1 unspecified atom stereocenters. The van der Waals surface area contributed by atoms with Gasteiger partial charge < -0.3 is 9.64 Å². The van der Waals surface area contributed by atoms with Crippen LogP contribution >= 0.6 is 0 Å². The Hall–Kier alpha value is -2.69. The van der Waals surface area contributed by atoms with E-state index in [-0.39, 0.29) is 0 Å². The van der Waals surface area contributed by atoms with Crippen LogP contribution in [-0.4, -0.2) is 34.6 Å². The van der Waals surface area contributed by atoms with Gasteiger partial charge in [-0.05, 0) is 38.0 Å². The van der Waals surface area contributed by atoms with E-state index in [1.165, 1.54) is 6.42 Å². The van der Waals surface area contributed by atoms with Gasteiger partial charge in [-0.25, -0.2) is 9.97 Å². The molecule has 1 atom stereocenters. The van der Waals surface area contributed by atoms with Crippen molar-refractivity contribution in [3.8, 4) is 5.75 Å². The highest BCUT2D eigenvalue weighted by molar-refractivity contribution is 5.89. The summed E-state index contributed by atoms with van der Waals surface area (Å²) in [7, 11) is 0. The second-order valence-corrected chi connectivity index (χ2v) is 6.61. The molecule has 2 aromatic heterocycles. The molecular weight excluding hydrogens is 312 g/mol. The first-order chi connectivity index (χ1) is 12.3. The van der Waals surface area contributed by atoms with Gasteiger partial charge in [-0.1, -0.05) is 12.1 Å². The minimum absolute atomic E-state index is 0.496. The number of pyridine rings is 1. The fourth-order valence-electron chi connectivity index (χ4n) is 3.46. The minimum atomic E-state index is 0.496. The number of benzene rings is 1. The molecule has 1 aromatic carbocycles. The predicted octanol–water partition coefficient (Wildman–Crippen LogP) is 3.63. The number of rotatable bonds is 4. The monoisotopic (exact) mass is 334 g/mol. The Kier molecular flexibility index (Phi) is 4.46. The first-order valence-corrected chi connectivity index (χ1v) is 8.80. The molecule has 1 saturated heterocycles. The van der Waals surface area contributed by atoms with Crippen LogP contribution in [0.3, 0.4) is 0 Å². The first kappa shape index (κ1) is 15.8. The minimum Gasteiger partial charge on any atom is -0.493 e. The number of piperidine rings is 1. The molecule has 5 heteroatoms. The van der Waals surface area contributed by atoms with Crippen molar-refractivity contribution in [3.05, 3.63) is 54.6 Å². The number of aromatic nitrogens is 3. The van der Waals surface area contributed by atoms with Gasteiger partial charge in [-0.15, -0.1) is 0 Å². The standard InChI is InChI=1S/C20H22N4O/c1-15-11-17(8-9-21-15)25-13-16-5-4-10-24(12-16)20-18-6-2-3-7-19(18)22-14-23-20/h2-3,6-9,11,14,16H,4-5,10,12-13H2,1H3. The Balaban J connectivity index is 1.47. The summed E-state index contributed by atoms with van der Waals surface area (Å²) in [4.78, 5) is 15.5. The van der Waals surface area contributed by atoms with Crippen LogP contribution in [0.1, 0.15) is 18.5 Å². The second-order valence-electron chi connectivity index (χ2n) is 6.61. The van der Waals surface area contributed by atoms with Crippen LogP contribution in [0.5, 0.6) is 5.75 Å². The van der Waals surface area contributed by atoms with Crippen LogP contribution in [-0.2, 0) is 0 Å². The van der Waals surface area contributed by atoms with E-state index < -0.39 is 0 Å². The van der Waals surface area contributed by atoms with Crippen LogP contribution in [0.15, 0.2) is 48.9 Å². The van der Waals surface area contributed by atoms with Crippen LogP contribution < -0.4 is 9.64 Å². The zero-order chi connectivity index (χ0) is 17.1. The van der Waals surface area contributed by atoms with Crippen molar-refractivity contribution in [3.63, 3.8) is 0 Å². The van der Waals surface area contributed by atoms with Crippen molar-refractivity contribution in [2.45, 2.75) is 19.8 Å². The summed E-state index contributed by atoms with van der Waals surface area (Å²) in [6.07, 6.45) is 5.80. The molecule has 0 radical (unpaired) electrons. The van der Waals surface area contributed by atoms with Gasteiger partial charge in [0.25, 0.3) is 0 Å². The Morgan fingerprint density at radius 2 is 2.08 bits per heavy atom. The average Bonchev–Trinajstić information content (AvgIpc) is 2.66. The average molecular weight is 334 g/mol. The lowest BCUT2D eigenvalue weighted by Crippen LogP contribution is -2.38. The largest absolute Gasteiger partial charge is 0.493 e. The molecule has 128 valence electrons. The molecular formula is C20H22N4O. The zero-order valence-electron chi connectivity index (χ0n) is 14.4. The van der Waals surface area contributed by atoms with Gasteiger partial charge in [0, 0.05) is 42.4 Å². The lowest BCUT2D eigenvalue weighted by Gasteiger charge is -2.34. The van der Waals surface area contributed by atoms with Gasteiger partial charge in [0.15, 0.2) is 0 Å². The van der Waals surface area contributed by atoms with Gasteiger partial charge in [0.05, 0.1) is 12.1 Å². The van der Waals surface area contributed by atoms with E-state index in [2.05, 4.69) is 25.9 Å². The Bertz CT molecular complexity index is 862. The summed E-state index contributed by atoms with van der Waals surface area (Å²) in [6.45, 7) is 4.70. The van der Waals surface area contributed by atoms with Gasteiger partial charge in [0.2, 0.25) is 0 Å². The molecule has 5 nitrogen and oxygen atoms in total. The molecule has 0 aliphatic carbocycles. The number of nitrogens with zero attached hydrogens (tertiary/aromatic N) is 4. The van der Waals surface area contributed by atoms with Gasteiger partial charge in [-0.3, -0.25) is 4.98 Å². The smallest absolute Gasteiger partial charge is 0.139 e. The Labute approximate surface area is 147 Å². The fourth-order valence-corrected chi connectivity index (χ4v) is 3.46. The molecule has 4 rings (SSSR count). The van der Waals surface area contributed by atoms with Crippen molar-refractivity contribution in [1.29, 1.82) is 0 Å². The summed E-state index contributed by atoms with van der Waals surface area (Å²) in [5.41, 5.74) is 1.98. The normalized spacial score (nSPS) is 17.6. The van der Waals surface area contributed by atoms with E-state index in [1.54, 1.807) is 12.5 Å². The van der Waals surface area contributed by atoms with Crippen molar-refractivity contribution in [1.82, 2.24) is 15.0 Å². The van der Waals surface area contributed by atoms with Crippen molar-refractivity contribution < 1.29 is 4.74 Å². The quantitative estimate of drug-likeness (QED) is 0.729. The number of anilines is 1. The lowest BCUT2D eigenvalue weighted by molar-refractivity contribution is 0.228. The highest BCUT2D eigenvalue weighted by atomic mass is 16.5. The molecule has 0 N–H and O–H groups in total. The van der Waals surface area contributed by atoms with E-state index in [0.29, 0.717) is 5.92 Å². The third-order valence-electron chi connectivity index (χ3n) is 4.69. The topological polar surface area (TPSA) is 51.1 Å². The summed E-state index contributed by atoms with van der Waals surface area (Å²) >= 11 is 0. The van der Waals surface area contributed by atoms with E-state index in [1.807, 2.05) is 37.3 Å². The molecule has 3 heterocycles. The van der Waals surface area contributed by atoms with Gasteiger partial charge >= 0.3 is 0 Å². The molecule has 0 spiro atoms. The molecule has 1 aliphatic heterocycles. The maximum absolute atomic E-state index is 6.00. The van der Waals surface area contributed by atoms with Crippen LogP contribution in [0.25, 0.3) is 10.9 Å². The van der Waals surface area contributed by atoms with Crippen molar-refractivity contribution >= 4 is 16.7 Å². The van der Waals surface area contributed by atoms with E-state index in [9.17, 15) is 0 Å². The molecule has 0 saturated carbocycles. The molecule has 25 heavy (non-hydrogen) atoms. The molecule has 0 bridgehead atoms. The number of aryl methyl sites for hydroxylation is 1. The highest BCUT2D eigenvalue weighted by Gasteiger charge is 2.23. The SMILES string of the molecule is Cc1cc(OCC2CCCN(c3ncnc4ccccc34)C2)ccn1. The number of para-hydroxylation sites is 1. The molecule has 1 fully saturated rings.